The zero-order chi connectivity index (χ0) is 22.1. The summed E-state index contributed by atoms with van der Waals surface area (Å²) in [6.45, 7) is 8.84. The molecular formula is C24H32N2O3S. The van der Waals surface area contributed by atoms with Gasteiger partial charge in [0, 0.05) is 18.0 Å². The Bertz CT molecular complexity index is 837. The number of benzene rings is 2. The van der Waals surface area contributed by atoms with Crippen LogP contribution in [0.3, 0.4) is 0 Å². The maximum absolute atomic E-state index is 13.1. The highest BCUT2D eigenvalue weighted by Gasteiger charge is 2.26. The van der Waals surface area contributed by atoms with Crippen molar-refractivity contribution in [1.29, 1.82) is 0 Å². The van der Waals surface area contributed by atoms with Gasteiger partial charge < -0.3 is 15.0 Å². The molecule has 30 heavy (non-hydrogen) atoms. The van der Waals surface area contributed by atoms with Gasteiger partial charge in [0.05, 0.1) is 12.9 Å². The van der Waals surface area contributed by atoms with E-state index in [9.17, 15) is 9.59 Å². The summed E-state index contributed by atoms with van der Waals surface area (Å²) >= 11 is 1.48. The van der Waals surface area contributed by atoms with Gasteiger partial charge in [-0.25, -0.2) is 0 Å². The lowest BCUT2D eigenvalue weighted by atomic mass is 10.1. The average Bonchev–Trinajstić information content (AvgIpc) is 2.74. The second-order valence-electron chi connectivity index (χ2n) is 7.79. The van der Waals surface area contributed by atoms with Crippen molar-refractivity contribution < 1.29 is 14.3 Å². The van der Waals surface area contributed by atoms with E-state index in [1.807, 2.05) is 69.3 Å². The van der Waals surface area contributed by atoms with Crippen molar-refractivity contribution in [1.82, 2.24) is 10.2 Å². The molecule has 1 atom stereocenters. The van der Waals surface area contributed by atoms with Gasteiger partial charge in [-0.15, -0.1) is 11.8 Å². The zero-order valence-corrected chi connectivity index (χ0v) is 19.3. The van der Waals surface area contributed by atoms with Crippen LogP contribution in [0.1, 0.15) is 31.9 Å². The summed E-state index contributed by atoms with van der Waals surface area (Å²) in [4.78, 5) is 28.5. The molecule has 6 heteroatoms. The third kappa shape index (κ3) is 7.41. The molecule has 0 aliphatic rings. The molecule has 0 aliphatic heterocycles. The van der Waals surface area contributed by atoms with Crippen molar-refractivity contribution in [2.24, 2.45) is 5.92 Å². The van der Waals surface area contributed by atoms with E-state index in [-0.39, 0.29) is 17.6 Å². The maximum atomic E-state index is 13.1. The number of carbonyl (C=O) groups is 2. The lowest BCUT2D eigenvalue weighted by Crippen LogP contribution is -2.48. The fourth-order valence-corrected chi connectivity index (χ4v) is 3.65. The highest BCUT2D eigenvalue weighted by molar-refractivity contribution is 8.00. The monoisotopic (exact) mass is 428 g/mol. The Labute approximate surface area is 184 Å². The Morgan fingerprint density at radius 2 is 1.80 bits per heavy atom. The van der Waals surface area contributed by atoms with Crippen LogP contribution < -0.4 is 10.1 Å². The van der Waals surface area contributed by atoms with Crippen molar-refractivity contribution in [2.75, 3.05) is 19.4 Å². The molecule has 0 bridgehead atoms. The van der Waals surface area contributed by atoms with Crippen molar-refractivity contribution in [3.8, 4) is 5.75 Å². The van der Waals surface area contributed by atoms with Crippen LogP contribution in [0.25, 0.3) is 0 Å². The van der Waals surface area contributed by atoms with Gasteiger partial charge in [-0.1, -0.05) is 43.7 Å². The van der Waals surface area contributed by atoms with E-state index >= 15 is 0 Å². The number of aryl methyl sites for hydroxylation is 1. The summed E-state index contributed by atoms with van der Waals surface area (Å²) in [6.07, 6.45) is 0. The second-order valence-corrected chi connectivity index (χ2v) is 8.84. The Balaban J connectivity index is 2.14. The molecule has 0 radical (unpaired) electrons. The SMILES string of the molecule is COc1cccc(CN(C(=O)CSc2ccc(C)cc2)[C@H](C)C(=O)NCC(C)C)c1. The zero-order valence-electron chi connectivity index (χ0n) is 18.5. The molecule has 2 amide bonds. The minimum absolute atomic E-state index is 0.0735. The van der Waals surface area contributed by atoms with Gasteiger partial charge >= 0.3 is 0 Å². The molecule has 0 unspecified atom stereocenters. The molecule has 162 valence electrons. The van der Waals surface area contributed by atoms with Crippen LogP contribution in [0.2, 0.25) is 0 Å². The summed E-state index contributed by atoms with van der Waals surface area (Å²) in [5.74, 6) is 1.14. The number of thioether (sulfide) groups is 1. The molecule has 0 fully saturated rings. The second kappa shape index (κ2) is 11.6. The van der Waals surface area contributed by atoms with Gasteiger partial charge in [-0.3, -0.25) is 9.59 Å². The predicted molar refractivity (Wildman–Crippen MR) is 123 cm³/mol. The Hall–Kier alpha value is -2.47. The van der Waals surface area contributed by atoms with Crippen LogP contribution in [-0.4, -0.2) is 42.2 Å². The molecule has 0 heterocycles. The van der Waals surface area contributed by atoms with Crippen molar-refractivity contribution in [3.63, 3.8) is 0 Å². The van der Waals surface area contributed by atoms with Crippen LogP contribution in [-0.2, 0) is 16.1 Å². The molecule has 0 aromatic heterocycles. The lowest BCUT2D eigenvalue weighted by Gasteiger charge is -2.29. The molecule has 2 aromatic carbocycles. The number of hydrogen-bond donors (Lipinski definition) is 1. The Kier molecular flexibility index (Phi) is 9.24. The van der Waals surface area contributed by atoms with Crippen LogP contribution in [0.15, 0.2) is 53.4 Å². The topological polar surface area (TPSA) is 58.6 Å². The van der Waals surface area contributed by atoms with Crippen molar-refractivity contribution >= 4 is 23.6 Å². The highest BCUT2D eigenvalue weighted by Crippen LogP contribution is 2.21. The van der Waals surface area contributed by atoms with Crippen molar-refractivity contribution in [2.45, 2.75) is 45.2 Å². The van der Waals surface area contributed by atoms with Gasteiger partial charge in [0.2, 0.25) is 11.8 Å². The van der Waals surface area contributed by atoms with Gasteiger partial charge in [0.15, 0.2) is 0 Å². The minimum atomic E-state index is -0.568. The van der Waals surface area contributed by atoms with Gasteiger partial charge in [-0.05, 0) is 49.6 Å². The number of carbonyl (C=O) groups excluding carboxylic acids is 2. The van der Waals surface area contributed by atoms with Crippen LogP contribution in [0.5, 0.6) is 5.75 Å². The molecule has 2 rings (SSSR count). The van der Waals surface area contributed by atoms with Gasteiger partial charge in [-0.2, -0.15) is 0 Å². The maximum Gasteiger partial charge on any atom is 0.242 e. The van der Waals surface area contributed by atoms with E-state index in [1.54, 1.807) is 18.9 Å². The fraction of sp³-hybridized carbons (Fsp3) is 0.417. The summed E-state index contributed by atoms with van der Waals surface area (Å²) in [7, 11) is 1.61. The summed E-state index contributed by atoms with van der Waals surface area (Å²) in [5.41, 5.74) is 2.10. The third-order valence-electron chi connectivity index (χ3n) is 4.72. The van der Waals surface area contributed by atoms with Crippen LogP contribution in [0.4, 0.5) is 0 Å². The molecule has 0 saturated heterocycles. The first-order valence-corrected chi connectivity index (χ1v) is 11.2. The molecule has 0 aliphatic carbocycles. The van der Waals surface area contributed by atoms with E-state index < -0.39 is 6.04 Å². The summed E-state index contributed by atoms with van der Waals surface area (Å²) in [6, 6.07) is 15.1. The standard InChI is InChI=1S/C24H32N2O3S/c1-17(2)14-25-24(28)19(4)26(15-20-7-6-8-21(13-20)29-5)23(27)16-30-22-11-9-18(3)10-12-22/h6-13,17,19H,14-16H2,1-5H3,(H,25,28)/t19-/m1/s1. The van der Waals surface area contributed by atoms with Crippen LogP contribution >= 0.6 is 11.8 Å². The number of methoxy groups -OCH3 is 1. The highest BCUT2D eigenvalue weighted by atomic mass is 32.2. The van der Waals surface area contributed by atoms with E-state index in [0.29, 0.717) is 19.0 Å². The predicted octanol–water partition coefficient (Wildman–Crippen LogP) is 4.29. The third-order valence-corrected chi connectivity index (χ3v) is 5.72. The van der Waals surface area contributed by atoms with E-state index in [2.05, 4.69) is 5.32 Å². The fourth-order valence-electron chi connectivity index (χ4n) is 2.87. The normalized spacial score (nSPS) is 11.8. The van der Waals surface area contributed by atoms with Gasteiger partial charge in [0.25, 0.3) is 0 Å². The van der Waals surface area contributed by atoms with Gasteiger partial charge in [0.1, 0.15) is 11.8 Å². The van der Waals surface area contributed by atoms with Crippen molar-refractivity contribution in [3.05, 3.63) is 59.7 Å². The Morgan fingerprint density at radius 1 is 1.10 bits per heavy atom. The molecular weight excluding hydrogens is 396 g/mol. The number of hydrogen-bond acceptors (Lipinski definition) is 4. The van der Waals surface area contributed by atoms with Crippen LogP contribution in [0, 0.1) is 12.8 Å². The summed E-state index contributed by atoms with van der Waals surface area (Å²) in [5, 5.41) is 2.94. The number of nitrogens with one attached hydrogen (secondary N) is 1. The lowest BCUT2D eigenvalue weighted by molar-refractivity contribution is -0.138. The Morgan fingerprint density at radius 3 is 2.43 bits per heavy atom. The molecule has 2 aromatic rings. The largest absolute Gasteiger partial charge is 0.497 e. The van der Waals surface area contributed by atoms with E-state index in [4.69, 9.17) is 4.74 Å². The first-order valence-electron chi connectivity index (χ1n) is 10.2. The quantitative estimate of drug-likeness (QED) is 0.574. The summed E-state index contributed by atoms with van der Waals surface area (Å²) < 4.78 is 5.30. The number of nitrogens with zero attached hydrogens (tertiary/aromatic N) is 1. The smallest absolute Gasteiger partial charge is 0.242 e. The minimum Gasteiger partial charge on any atom is -0.497 e. The molecule has 1 N–H and O–H groups in total. The molecule has 0 saturated carbocycles. The first kappa shape index (κ1) is 23.8. The average molecular weight is 429 g/mol. The first-order chi connectivity index (χ1) is 14.3. The number of rotatable bonds is 10. The van der Waals surface area contributed by atoms with E-state index in [0.717, 1.165) is 16.2 Å². The number of ether oxygens (including phenoxy) is 1. The molecule has 0 spiro atoms. The number of amides is 2. The molecule has 5 nitrogen and oxygen atoms in total. The van der Waals surface area contributed by atoms with E-state index in [1.165, 1.54) is 17.3 Å².